The molecular weight excluding hydrogens is 244 g/mol. The Morgan fingerprint density at radius 3 is 2.45 bits per heavy atom. The summed E-state index contributed by atoms with van der Waals surface area (Å²) < 4.78 is 0. The molecule has 1 N–H and O–H groups in total. The first-order valence-corrected chi connectivity index (χ1v) is 8.01. The fourth-order valence-corrected chi connectivity index (χ4v) is 3.37. The van der Waals surface area contributed by atoms with Crippen LogP contribution in [-0.2, 0) is 6.54 Å². The number of benzene rings is 1. The van der Waals surface area contributed by atoms with E-state index >= 15 is 0 Å². The third-order valence-electron chi connectivity index (χ3n) is 4.46. The van der Waals surface area contributed by atoms with Gasteiger partial charge in [0.1, 0.15) is 0 Å². The third-order valence-corrected chi connectivity index (χ3v) is 4.46. The number of hydrogen-bond donors (Lipinski definition) is 1. The molecule has 0 bridgehead atoms. The van der Waals surface area contributed by atoms with Gasteiger partial charge in [-0.05, 0) is 56.8 Å². The summed E-state index contributed by atoms with van der Waals surface area (Å²) >= 11 is 0. The van der Waals surface area contributed by atoms with E-state index in [4.69, 9.17) is 0 Å². The van der Waals surface area contributed by atoms with Gasteiger partial charge in [0, 0.05) is 25.2 Å². The predicted octanol–water partition coefficient (Wildman–Crippen LogP) is 3.57. The number of aryl methyl sites for hydroxylation is 3. The minimum atomic E-state index is 0.584. The lowest BCUT2D eigenvalue weighted by Gasteiger charge is -2.27. The molecule has 1 aliphatic heterocycles. The topological polar surface area (TPSA) is 15.3 Å². The van der Waals surface area contributed by atoms with Gasteiger partial charge in [0.05, 0.1) is 0 Å². The summed E-state index contributed by atoms with van der Waals surface area (Å²) in [6.07, 6.45) is 2.68. The zero-order chi connectivity index (χ0) is 14.7. The molecule has 2 nitrogen and oxygen atoms in total. The minimum Gasteiger partial charge on any atom is -0.313 e. The lowest BCUT2D eigenvalue weighted by molar-refractivity contribution is 0.235. The van der Waals surface area contributed by atoms with Crippen LogP contribution < -0.4 is 5.32 Å². The van der Waals surface area contributed by atoms with Gasteiger partial charge in [-0.25, -0.2) is 0 Å². The molecule has 0 saturated carbocycles. The van der Waals surface area contributed by atoms with E-state index in [0.717, 1.165) is 13.1 Å². The standard InChI is InChI=1S/C18H30N2/c1-13(2)19-11-17-7-6-8-20(17)12-18-15(4)9-14(3)10-16(18)5/h9-10,13,17,19H,6-8,11-12H2,1-5H3. The van der Waals surface area contributed by atoms with Crippen molar-refractivity contribution in [3.05, 3.63) is 34.4 Å². The Morgan fingerprint density at radius 1 is 1.20 bits per heavy atom. The molecule has 1 atom stereocenters. The van der Waals surface area contributed by atoms with Crippen molar-refractivity contribution in [3.63, 3.8) is 0 Å². The van der Waals surface area contributed by atoms with Crippen molar-refractivity contribution in [1.29, 1.82) is 0 Å². The van der Waals surface area contributed by atoms with Gasteiger partial charge in [0.25, 0.3) is 0 Å². The number of rotatable bonds is 5. The van der Waals surface area contributed by atoms with Crippen LogP contribution in [0.2, 0.25) is 0 Å². The van der Waals surface area contributed by atoms with Gasteiger partial charge in [-0.3, -0.25) is 4.90 Å². The van der Waals surface area contributed by atoms with Crippen molar-refractivity contribution < 1.29 is 0 Å². The van der Waals surface area contributed by atoms with Gasteiger partial charge in [0.15, 0.2) is 0 Å². The second kappa shape index (κ2) is 6.73. The van der Waals surface area contributed by atoms with E-state index in [2.05, 4.69) is 57.0 Å². The maximum atomic E-state index is 3.60. The quantitative estimate of drug-likeness (QED) is 0.883. The van der Waals surface area contributed by atoms with Gasteiger partial charge in [-0.2, -0.15) is 0 Å². The van der Waals surface area contributed by atoms with Crippen LogP contribution in [0.5, 0.6) is 0 Å². The molecule has 0 aliphatic carbocycles. The molecule has 20 heavy (non-hydrogen) atoms. The summed E-state index contributed by atoms with van der Waals surface area (Å²) in [5.74, 6) is 0. The molecule has 1 aromatic carbocycles. The van der Waals surface area contributed by atoms with E-state index in [-0.39, 0.29) is 0 Å². The van der Waals surface area contributed by atoms with Crippen LogP contribution in [0.25, 0.3) is 0 Å². The van der Waals surface area contributed by atoms with Crippen LogP contribution in [0.4, 0.5) is 0 Å². The maximum absolute atomic E-state index is 3.60. The summed E-state index contributed by atoms with van der Waals surface area (Å²) in [6, 6.07) is 5.93. The zero-order valence-corrected chi connectivity index (χ0v) is 13.8. The number of likely N-dealkylation sites (tertiary alicyclic amines) is 1. The van der Waals surface area contributed by atoms with E-state index in [1.54, 1.807) is 0 Å². The summed E-state index contributed by atoms with van der Waals surface area (Å²) in [5, 5.41) is 3.60. The highest BCUT2D eigenvalue weighted by Crippen LogP contribution is 2.24. The van der Waals surface area contributed by atoms with Crippen molar-refractivity contribution in [2.45, 2.75) is 66.1 Å². The molecule has 0 aromatic heterocycles. The summed E-state index contributed by atoms with van der Waals surface area (Å²) in [6.45, 7) is 14.6. The van der Waals surface area contributed by atoms with E-state index in [1.807, 2.05) is 0 Å². The molecule has 1 heterocycles. The molecule has 1 unspecified atom stereocenters. The first kappa shape index (κ1) is 15.5. The van der Waals surface area contributed by atoms with Gasteiger partial charge in [0.2, 0.25) is 0 Å². The summed E-state index contributed by atoms with van der Waals surface area (Å²) in [5.41, 5.74) is 5.81. The molecule has 1 aromatic rings. The molecule has 0 amide bonds. The SMILES string of the molecule is Cc1cc(C)c(CN2CCCC2CNC(C)C)c(C)c1. The Balaban J connectivity index is 2.05. The molecule has 1 saturated heterocycles. The molecule has 1 aliphatic rings. The predicted molar refractivity (Wildman–Crippen MR) is 87.2 cm³/mol. The highest BCUT2D eigenvalue weighted by atomic mass is 15.2. The minimum absolute atomic E-state index is 0.584. The average Bonchev–Trinajstić information content (AvgIpc) is 2.78. The van der Waals surface area contributed by atoms with Crippen molar-refractivity contribution in [2.24, 2.45) is 0 Å². The second-order valence-electron chi connectivity index (χ2n) is 6.71. The fraction of sp³-hybridized carbons (Fsp3) is 0.667. The zero-order valence-electron chi connectivity index (χ0n) is 13.8. The molecule has 2 rings (SSSR count). The van der Waals surface area contributed by atoms with Gasteiger partial charge >= 0.3 is 0 Å². The van der Waals surface area contributed by atoms with E-state index in [0.29, 0.717) is 12.1 Å². The van der Waals surface area contributed by atoms with Crippen LogP contribution in [0, 0.1) is 20.8 Å². The van der Waals surface area contributed by atoms with E-state index < -0.39 is 0 Å². The van der Waals surface area contributed by atoms with E-state index in [9.17, 15) is 0 Å². The Labute approximate surface area is 124 Å². The highest BCUT2D eigenvalue weighted by Gasteiger charge is 2.25. The summed E-state index contributed by atoms with van der Waals surface area (Å²) in [4.78, 5) is 2.67. The summed E-state index contributed by atoms with van der Waals surface area (Å²) in [7, 11) is 0. The van der Waals surface area contributed by atoms with Crippen LogP contribution in [0.1, 0.15) is 48.9 Å². The Bertz CT molecular complexity index is 428. The first-order valence-electron chi connectivity index (χ1n) is 8.01. The van der Waals surface area contributed by atoms with Crippen LogP contribution >= 0.6 is 0 Å². The highest BCUT2D eigenvalue weighted by molar-refractivity contribution is 5.37. The smallest absolute Gasteiger partial charge is 0.0242 e. The molecule has 2 heteroatoms. The van der Waals surface area contributed by atoms with E-state index in [1.165, 1.54) is 41.6 Å². The third kappa shape index (κ3) is 3.83. The van der Waals surface area contributed by atoms with Crippen molar-refractivity contribution in [2.75, 3.05) is 13.1 Å². The Hall–Kier alpha value is -0.860. The van der Waals surface area contributed by atoms with Crippen molar-refractivity contribution in [3.8, 4) is 0 Å². The van der Waals surface area contributed by atoms with Crippen molar-refractivity contribution in [1.82, 2.24) is 10.2 Å². The lowest BCUT2D eigenvalue weighted by Crippen LogP contribution is -2.40. The van der Waals surface area contributed by atoms with Gasteiger partial charge in [-0.15, -0.1) is 0 Å². The largest absolute Gasteiger partial charge is 0.313 e. The fourth-order valence-electron chi connectivity index (χ4n) is 3.37. The lowest BCUT2D eigenvalue weighted by atomic mass is 9.99. The maximum Gasteiger partial charge on any atom is 0.0242 e. The molecular formula is C18H30N2. The number of hydrogen-bond acceptors (Lipinski definition) is 2. The molecule has 0 radical (unpaired) electrons. The monoisotopic (exact) mass is 274 g/mol. The van der Waals surface area contributed by atoms with Crippen LogP contribution in [0.3, 0.4) is 0 Å². The van der Waals surface area contributed by atoms with Crippen LogP contribution in [0.15, 0.2) is 12.1 Å². The second-order valence-corrected chi connectivity index (χ2v) is 6.71. The molecule has 0 spiro atoms. The van der Waals surface area contributed by atoms with Crippen LogP contribution in [-0.4, -0.2) is 30.1 Å². The first-order chi connectivity index (χ1) is 9.47. The van der Waals surface area contributed by atoms with Gasteiger partial charge in [-0.1, -0.05) is 31.5 Å². The molecule has 112 valence electrons. The average molecular weight is 274 g/mol. The van der Waals surface area contributed by atoms with Gasteiger partial charge < -0.3 is 5.32 Å². The van der Waals surface area contributed by atoms with Crippen molar-refractivity contribution >= 4 is 0 Å². The Morgan fingerprint density at radius 2 is 1.85 bits per heavy atom. The number of nitrogens with one attached hydrogen (secondary N) is 1. The number of nitrogens with zero attached hydrogens (tertiary/aromatic N) is 1. The molecule has 1 fully saturated rings. The normalized spacial score (nSPS) is 20.0. The Kier molecular flexibility index (Phi) is 5.22.